The lowest BCUT2D eigenvalue weighted by molar-refractivity contribution is 0.366. The molecule has 0 aliphatic heterocycles. The minimum Gasteiger partial charge on any atom is -0.368 e. The molecule has 1 unspecified atom stereocenters. The van der Waals surface area contributed by atoms with Gasteiger partial charge in [0.1, 0.15) is 0 Å². The summed E-state index contributed by atoms with van der Waals surface area (Å²) >= 11 is 5.10. The van der Waals surface area contributed by atoms with Crippen LogP contribution in [0.5, 0.6) is 0 Å². The third-order valence-electron chi connectivity index (χ3n) is 2.25. The Balaban J connectivity index is 3.11. The molecule has 0 aromatic carbocycles. The van der Waals surface area contributed by atoms with Gasteiger partial charge in [-0.05, 0) is 24.6 Å². The highest BCUT2D eigenvalue weighted by Gasteiger charge is 2.16. The molecular formula is C8H16N4S. The molecule has 0 amide bonds. The van der Waals surface area contributed by atoms with Gasteiger partial charge in [-0.25, -0.2) is 5.10 Å². The van der Waals surface area contributed by atoms with Gasteiger partial charge >= 0.3 is 0 Å². The van der Waals surface area contributed by atoms with Crippen molar-refractivity contribution < 1.29 is 0 Å². The van der Waals surface area contributed by atoms with Gasteiger partial charge in [0.05, 0.1) is 0 Å². The average molecular weight is 200 g/mol. The zero-order chi connectivity index (χ0) is 10.0. The van der Waals surface area contributed by atoms with Gasteiger partial charge in [0.25, 0.3) is 0 Å². The molecule has 0 saturated heterocycles. The molecule has 1 heterocycles. The van der Waals surface area contributed by atoms with E-state index in [9.17, 15) is 0 Å². The molecule has 4 nitrogen and oxygen atoms in total. The second-order valence-electron chi connectivity index (χ2n) is 3.48. The maximum Gasteiger partial charge on any atom is 0.220 e. The van der Waals surface area contributed by atoms with E-state index in [1.165, 1.54) is 0 Å². The molecule has 13 heavy (non-hydrogen) atoms. The van der Waals surface area contributed by atoms with Crippen molar-refractivity contribution in [1.29, 1.82) is 0 Å². The summed E-state index contributed by atoms with van der Waals surface area (Å²) < 4.78 is 2.50. The monoisotopic (exact) mass is 200 g/mol. The molecule has 0 radical (unpaired) electrons. The highest BCUT2D eigenvalue weighted by Crippen LogP contribution is 2.23. The van der Waals surface area contributed by atoms with Crippen LogP contribution in [0, 0.1) is 10.7 Å². The molecule has 0 aliphatic rings. The van der Waals surface area contributed by atoms with E-state index >= 15 is 0 Å². The minimum atomic E-state index is 0.339. The maximum atomic E-state index is 5.71. The van der Waals surface area contributed by atoms with Gasteiger partial charge in [0, 0.05) is 6.04 Å². The van der Waals surface area contributed by atoms with Crippen LogP contribution in [0.4, 0.5) is 5.95 Å². The van der Waals surface area contributed by atoms with Gasteiger partial charge in [-0.3, -0.25) is 4.57 Å². The Hall–Kier alpha value is -0.840. The number of anilines is 1. The SMILES string of the molecule is CCC(C(C)C)n1c(N)n[nH]c1=S. The summed E-state index contributed by atoms with van der Waals surface area (Å²) in [7, 11) is 0. The predicted molar refractivity (Wildman–Crippen MR) is 56.0 cm³/mol. The van der Waals surface area contributed by atoms with Crippen LogP contribution < -0.4 is 5.73 Å². The Morgan fingerprint density at radius 1 is 1.62 bits per heavy atom. The van der Waals surface area contributed by atoms with Gasteiger partial charge in [0.2, 0.25) is 5.95 Å². The Morgan fingerprint density at radius 2 is 2.23 bits per heavy atom. The van der Waals surface area contributed by atoms with E-state index in [0.717, 1.165) is 6.42 Å². The van der Waals surface area contributed by atoms with Crippen LogP contribution in [0.25, 0.3) is 0 Å². The second-order valence-corrected chi connectivity index (χ2v) is 3.86. The molecule has 1 aromatic rings. The van der Waals surface area contributed by atoms with Crippen molar-refractivity contribution >= 4 is 18.2 Å². The Kier molecular flexibility index (Phi) is 3.08. The summed E-state index contributed by atoms with van der Waals surface area (Å²) in [5.74, 6) is 0.988. The largest absolute Gasteiger partial charge is 0.368 e. The van der Waals surface area contributed by atoms with E-state index < -0.39 is 0 Å². The highest BCUT2D eigenvalue weighted by molar-refractivity contribution is 7.71. The lowest BCUT2D eigenvalue weighted by Gasteiger charge is -2.20. The summed E-state index contributed by atoms with van der Waals surface area (Å²) in [5.41, 5.74) is 5.71. The third-order valence-corrected chi connectivity index (χ3v) is 2.54. The second kappa shape index (κ2) is 3.91. The number of hydrogen-bond acceptors (Lipinski definition) is 3. The molecule has 1 aromatic heterocycles. The lowest BCUT2D eigenvalue weighted by atomic mass is 10.0. The van der Waals surface area contributed by atoms with Crippen LogP contribution in [-0.2, 0) is 0 Å². The topological polar surface area (TPSA) is 59.6 Å². The number of nitrogens with zero attached hydrogens (tertiary/aromatic N) is 2. The maximum absolute atomic E-state index is 5.71. The average Bonchev–Trinajstić information content (AvgIpc) is 2.36. The Labute approximate surface area is 83.1 Å². The zero-order valence-electron chi connectivity index (χ0n) is 8.24. The number of nitrogen functional groups attached to an aromatic ring is 1. The Bertz CT molecular complexity index is 325. The molecule has 0 fully saturated rings. The van der Waals surface area contributed by atoms with E-state index in [1.54, 1.807) is 0 Å². The number of aromatic amines is 1. The normalized spacial score (nSPS) is 13.5. The minimum absolute atomic E-state index is 0.339. The number of H-pyrrole nitrogens is 1. The summed E-state index contributed by atoms with van der Waals surface area (Å²) in [6.45, 7) is 6.43. The molecule has 1 atom stereocenters. The molecule has 0 spiro atoms. The first kappa shape index (κ1) is 10.2. The van der Waals surface area contributed by atoms with Crippen molar-refractivity contribution in [3.63, 3.8) is 0 Å². The fourth-order valence-corrected chi connectivity index (χ4v) is 1.86. The van der Waals surface area contributed by atoms with Gasteiger partial charge in [-0.1, -0.05) is 20.8 Å². The van der Waals surface area contributed by atoms with Crippen LogP contribution in [0.15, 0.2) is 0 Å². The number of nitrogens with two attached hydrogens (primary N) is 1. The number of hydrogen-bond donors (Lipinski definition) is 2. The molecule has 74 valence electrons. The third kappa shape index (κ3) is 1.91. The molecule has 0 saturated carbocycles. The van der Waals surface area contributed by atoms with Crippen LogP contribution >= 0.6 is 12.2 Å². The molecule has 0 aliphatic carbocycles. The van der Waals surface area contributed by atoms with E-state index in [0.29, 0.717) is 22.7 Å². The fraction of sp³-hybridized carbons (Fsp3) is 0.750. The molecule has 3 N–H and O–H groups in total. The van der Waals surface area contributed by atoms with Crippen molar-refractivity contribution in [2.24, 2.45) is 5.92 Å². The first-order chi connectivity index (χ1) is 6.07. The summed E-state index contributed by atoms with van der Waals surface area (Å²) in [5, 5.41) is 6.59. The fourth-order valence-electron chi connectivity index (χ4n) is 1.59. The standard InChI is InChI=1S/C8H16N4S/c1-4-6(5(2)3)12-7(9)10-11-8(12)13/h5-6H,4H2,1-3H3,(H2,9,10)(H,11,13). The first-order valence-electron chi connectivity index (χ1n) is 4.50. The lowest BCUT2D eigenvalue weighted by Crippen LogP contribution is -2.16. The number of aromatic nitrogens is 3. The summed E-state index contributed by atoms with van der Waals surface area (Å²) in [6, 6.07) is 0.339. The van der Waals surface area contributed by atoms with Crippen molar-refractivity contribution in [3.8, 4) is 0 Å². The number of rotatable bonds is 3. The van der Waals surface area contributed by atoms with Gasteiger partial charge in [-0.2, -0.15) is 0 Å². The summed E-state index contributed by atoms with van der Waals surface area (Å²) in [6.07, 6.45) is 1.01. The smallest absolute Gasteiger partial charge is 0.220 e. The zero-order valence-corrected chi connectivity index (χ0v) is 9.06. The molecule has 1 rings (SSSR count). The van der Waals surface area contributed by atoms with Crippen LogP contribution in [-0.4, -0.2) is 14.8 Å². The van der Waals surface area contributed by atoms with Gasteiger partial charge in [0.15, 0.2) is 4.77 Å². The van der Waals surface area contributed by atoms with E-state index in [2.05, 4.69) is 31.0 Å². The summed E-state index contributed by atoms with van der Waals surface area (Å²) in [4.78, 5) is 0. The van der Waals surface area contributed by atoms with Crippen LogP contribution in [0.1, 0.15) is 33.2 Å². The quantitative estimate of drug-likeness (QED) is 0.735. The highest BCUT2D eigenvalue weighted by atomic mass is 32.1. The predicted octanol–water partition coefficient (Wildman–Crippen LogP) is 2.13. The molecule has 5 heteroatoms. The van der Waals surface area contributed by atoms with Crippen molar-refractivity contribution in [3.05, 3.63) is 4.77 Å². The van der Waals surface area contributed by atoms with Crippen molar-refractivity contribution in [2.75, 3.05) is 5.73 Å². The van der Waals surface area contributed by atoms with Gasteiger partial charge < -0.3 is 5.73 Å². The molecule has 0 bridgehead atoms. The molecular weight excluding hydrogens is 184 g/mol. The van der Waals surface area contributed by atoms with Crippen molar-refractivity contribution in [1.82, 2.24) is 14.8 Å². The van der Waals surface area contributed by atoms with Crippen LogP contribution in [0.3, 0.4) is 0 Å². The first-order valence-corrected chi connectivity index (χ1v) is 4.91. The number of nitrogens with one attached hydrogen (secondary N) is 1. The van der Waals surface area contributed by atoms with E-state index in [-0.39, 0.29) is 0 Å². The van der Waals surface area contributed by atoms with E-state index in [4.69, 9.17) is 18.0 Å². The Morgan fingerprint density at radius 3 is 2.54 bits per heavy atom. The van der Waals surface area contributed by atoms with Crippen LogP contribution in [0.2, 0.25) is 0 Å². The van der Waals surface area contributed by atoms with Gasteiger partial charge in [-0.15, -0.1) is 5.10 Å². The van der Waals surface area contributed by atoms with E-state index in [1.807, 2.05) is 4.57 Å². The van der Waals surface area contributed by atoms with Crippen molar-refractivity contribution in [2.45, 2.75) is 33.2 Å².